The highest BCUT2D eigenvalue weighted by Gasteiger charge is 2.16. The van der Waals surface area contributed by atoms with Crippen LogP contribution in [0.15, 0.2) is 36.7 Å². The quantitative estimate of drug-likeness (QED) is 0.801. The predicted octanol–water partition coefficient (Wildman–Crippen LogP) is 2.47. The summed E-state index contributed by atoms with van der Waals surface area (Å²) >= 11 is 1.26. The van der Waals surface area contributed by atoms with E-state index in [1.165, 1.54) is 11.3 Å². The Hall–Kier alpha value is -2.47. The van der Waals surface area contributed by atoms with Gasteiger partial charge < -0.3 is 10.5 Å². The lowest BCUT2D eigenvalue weighted by Gasteiger charge is -2.05. The number of nitrogens with zero attached hydrogens (tertiary/aromatic N) is 2. The van der Waals surface area contributed by atoms with E-state index in [9.17, 15) is 4.79 Å². The van der Waals surface area contributed by atoms with Gasteiger partial charge in [0.05, 0.1) is 11.8 Å². The Kier molecular flexibility index (Phi) is 3.08. The Labute approximate surface area is 119 Å². The molecule has 0 fully saturated rings. The molecule has 0 spiro atoms. The molecule has 20 heavy (non-hydrogen) atoms. The van der Waals surface area contributed by atoms with Crippen LogP contribution in [0.3, 0.4) is 0 Å². The van der Waals surface area contributed by atoms with Crippen LogP contribution in [0, 0.1) is 0 Å². The molecule has 0 unspecified atom stereocenters. The first-order chi connectivity index (χ1) is 9.70. The number of amides is 1. The van der Waals surface area contributed by atoms with Gasteiger partial charge in [0, 0.05) is 23.5 Å². The first kappa shape index (κ1) is 12.6. The summed E-state index contributed by atoms with van der Waals surface area (Å²) in [6, 6.07) is 7.58. The Bertz CT molecular complexity index is 784. The Morgan fingerprint density at radius 3 is 2.85 bits per heavy atom. The summed E-state index contributed by atoms with van der Waals surface area (Å²) in [4.78, 5) is 19.7. The van der Waals surface area contributed by atoms with Gasteiger partial charge in [-0.15, -0.1) is 11.3 Å². The molecule has 6 heteroatoms. The average Bonchev–Trinajstić information content (AvgIpc) is 2.92. The van der Waals surface area contributed by atoms with Gasteiger partial charge in [-0.05, 0) is 18.2 Å². The van der Waals surface area contributed by atoms with Crippen LogP contribution in [0.25, 0.3) is 21.3 Å². The number of methoxy groups -OCH3 is 1. The van der Waals surface area contributed by atoms with Gasteiger partial charge in [-0.2, -0.15) is 0 Å². The minimum Gasteiger partial charge on any atom is -0.494 e. The summed E-state index contributed by atoms with van der Waals surface area (Å²) in [5.74, 6) is 0.0850. The molecule has 0 aliphatic heterocycles. The van der Waals surface area contributed by atoms with E-state index in [1.54, 1.807) is 19.5 Å². The van der Waals surface area contributed by atoms with E-state index in [0.29, 0.717) is 11.3 Å². The number of aromatic nitrogens is 2. The van der Waals surface area contributed by atoms with Gasteiger partial charge in [-0.25, -0.2) is 4.98 Å². The second-order valence-corrected chi connectivity index (χ2v) is 5.12. The zero-order chi connectivity index (χ0) is 14.1. The van der Waals surface area contributed by atoms with Crippen molar-refractivity contribution in [2.45, 2.75) is 0 Å². The highest BCUT2D eigenvalue weighted by atomic mass is 32.1. The van der Waals surface area contributed by atoms with Crippen molar-refractivity contribution < 1.29 is 9.53 Å². The number of benzene rings is 1. The van der Waals surface area contributed by atoms with Crippen LogP contribution < -0.4 is 10.5 Å². The molecule has 0 atom stereocenters. The van der Waals surface area contributed by atoms with Crippen LogP contribution >= 0.6 is 11.3 Å². The molecular formula is C14H11N3O2S. The first-order valence-corrected chi connectivity index (χ1v) is 6.70. The molecule has 0 aliphatic rings. The summed E-state index contributed by atoms with van der Waals surface area (Å²) in [6.45, 7) is 0. The molecule has 0 bridgehead atoms. The van der Waals surface area contributed by atoms with E-state index in [4.69, 9.17) is 10.5 Å². The van der Waals surface area contributed by atoms with Crippen LogP contribution in [-0.4, -0.2) is 23.0 Å². The molecule has 0 saturated heterocycles. The summed E-state index contributed by atoms with van der Waals surface area (Å²) in [7, 11) is 1.57. The SMILES string of the molecule is COc1ccc(-c2cccnc2)c2sc(C(N)=O)nc12. The van der Waals surface area contributed by atoms with Crippen molar-refractivity contribution in [1.29, 1.82) is 0 Å². The van der Waals surface area contributed by atoms with Crippen LogP contribution in [0.2, 0.25) is 0 Å². The number of fused-ring (bicyclic) bond motifs is 1. The summed E-state index contributed by atoms with van der Waals surface area (Å²) in [5, 5.41) is 0.273. The highest BCUT2D eigenvalue weighted by molar-refractivity contribution is 7.20. The van der Waals surface area contributed by atoms with Crippen LogP contribution in [-0.2, 0) is 0 Å². The Morgan fingerprint density at radius 2 is 2.20 bits per heavy atom. The fourth-order valence-corrected chi connectivity index (χ4v) is 2.97. The lowest BCUT2D eigenvalue weighted by Crippen LogP contribution is -2.09. The third kappa shape index (κ3) is 2.00. The number of rotatable bonds is 3. The molecule has 0 radical (unpaired) electrons. The van der Waals surface area contributed by atoms with Crippen molar-refractivity contribution in [2.24, 2.45) is 5.73 Å². The number of carbonyl (C=O) groups excluding carboxylic acids is 1. The second kappa shape index (κ2) is 4.90. The molecular weight excluding hydrogens is 274 g/mol. The van der Waals surface area contributed by atoms with Crippen LogP contribution in [0.4, 0.5) is 0 Å². The van der Waals surface area contributed by atoms with Crippen molar-refractivity contribution in [3.63, 3.8) is 0 Å². The van der Waals surface area contributed by atoms with Crippen molar-refractivity contribution in [3.8, 4) is 16.9 Å². The fourth-order valence-electron chi connectivity index (χ4n) is 2.00. The molecule has 2 aromatic heterocycles. The summed E-state index contributed by atoms with van der Waals surface area (Å²) < 4.78 is 6.15. The van der Waals surface area contributed by atoms with E-state index in [2.05, 4.69) is 9.97 Å². The van der Waals surface area contributed by atoms with Gasteiger partial charge in [0.25, 0.3) is 5.91 Å². The zero-order valence-electron chi connectivity index (χ0n) is 10.7. The van der Waals surface area contributed by atoms with E-state index in [1.807, 2.05) is 24.3 Å². The maximum atomic E-state index is 11.3. The van der Waals surface area contributed by atoms with Gasteiger partial charge in [0.2, 0.25) is 0 Å². The molecule has 1 aromatic carbocycles. The zero-order valence-corrected chi connectivity index (χ0v) is 11.5. The first-order valence-electron chi connectivity index (χ1n) is 5.88. The summed E-state index contributed by atoms with van der Waals surface area (Å²) in [6.07, 6.45) is 3.48. The number of hydrogen-bond acceptors (Lipinski definition) is 5. The molecule has 100 valence electrons. The van der Waals surface area contributed by atoms with Crippen molar-refractivity contribution >= 4 is 27.5 Å². The van der Waals surface area contributed by atoms with Gasteiger partial charge in [0.15, 0.2) is 5.01 Å². The number of hydrogen-bond donors (Lipinski definition) is 1. The lowest BCUT2D eigenvalue weighted by atomic mass is 10.1. The normalized spacial score (nSPS) is 10.7. The maximum Gasteiger partial charge on any atom is 0.277 e. The monoisotopic (exact) mass is 285 g/mol. The van der Waals surface area contributed by atoms with Crippen LogP contribution in [0.5, 0.6) is 5.75 Å². The van der Waals surface area contributed by atoms with E-state index in [-0.39, 0.29) is 5.01 Å². The van der Waals surface area contributed by atoms with Gasteiger partial charge >= 0.3 is 0 Å². The third-order valence-electron chi connectivity index (χ3n) is 2.91. The number of thiazole rings is 1. The molecule has 3 rings (SSSR count). The second-order valence-electron chi connectivity index (χ2n) is 4.12. The number of nitrogens with two attached hydrogens (primary N) is 1. The average molecular weight is 285 g/mol. The topological polar surface area (TPSA) is 78.1 Å². The molecule has 5 nitrogen and oxygen atoms in total. The van der Waals surface area contributed by atoms with E-state index >= 15 is 0 Å². The standard InChI is InChI=1S/C14H11N3O2S/c1-19-10-5-4-9(8-3-2-6-16-7-8)12-11(10)17-14(20-12)13(15)18/h2-7H,1H3,(H2,15,18). The van der Waals surface area contributed by atoms with Crippen LogP contribution in [0.1, 0.15) is 9.80 Å². The molecule has 2 N–H and O–H groups in total. The van der Waals surface area contributed by atoms with Gasteiger partial charge in [-0.1, -0.05) is 6.07 Å². The maximum absolute atomic E-state index is 11.3. The highest BCUT2D eigenvalue weighted by Crippen LogP contribution is 2.37. The fraction of sp³-hybridized carbons (Fsp3) is 0.0714. The Morgan fingerprint density at radius 1 is 1.35 bits per heavy atom. The Balaban J connectivity index is 2.31. The largest absolute Gasteiger partial charge is 0.494 e. The third-order valence-corrected chi connectivity index (χ3v) is 4.01. The smallest absolute Gasteiger partial charge is 0.277 e. The van der Waals surface area contributed by atoms with Gasteiger partial charge in [-0.3, -0.25) is 9.78 Å². The van der Waals surface area contributed by atoms with Gasteiger partial charge in [0.1, 0.15) is 11.3 Å². The number of ether oxygens (including phenoxy) is 1. The number of pyridine rings is 1. The minimum absolute atomic E-state index is 0.273. The van der Waals surface area contributed by atoms with E-state index < -0.39 is 5.91 Å². The molecule has 0 saturated carbocycles. The summed E-state index contributed by atoms with van der Waals surface area (Å²) in [5.41, 5.74) is 7.88. The van der Waals surface area contributed by atoms with E-state index in [0.717, 1.165) is 15.8 Å². The minimum atomic E-state index is -0.537. The molecule has 0 aliphatic carbocycles. The number of primary amides is 1. The number of carbonyl (C=O) groups is 1. The molecule has 2 heterocycles. The predicted molar refractivity (Wildman–Crippen MR) is 77.9 cm³/mol. The van der Waals surface area contributed by atoms with Crippen molar-refractivity contribution in [3.05, 3.63) is 41.7 Å². The lowest BCUT2D eigenvalue weighted by molar-refractivity contribution is 0.1000. The van der Waals surface area contributed by atoms with Crippen molar-refractivity contribution in [2.75, 3.05) is 7.11 Å². The molecule has 3 aromatic rings. The molecule has 1 amide bonds. The van der Waals surface area contributed by atoms with Crippen molar-refractivity contribution in [1.82, 2.24) is 9.97 Å².